The molecule has 2 unspecified atom stereocenters. The fourth-order valence-electron chi connectivity index (χ4n) is 3.72. The summed E-state index contributed by atoms with van der Waals surface area (Å²) < 4.78 is 40.9. The molecule has 4 amide bonds. The zero-order valence-corrected chi connectivity index (χ0v) is 15.5. The maximum Gasteiger partial charge on any atom is 0.573 e. The van der Waals surface area contributed by atoms with Gasteiger partial charge in [0.2, 0.25) is 0 Å². The Kier molecular flexibility index (Phi) is 4.22. The van der Waals surface area contributed by atoms with E-state index < -0.39 is 35.5 Å². The first-order valence-corrected chi connectivity index (χ1v) is 8.85. The molecule has 1 saturated carbocycles. The summed E-state index contributed by atoms with van der Waals surface area (Å²) in [5, 5.41) is 0. The van der Waals surface area contributed by atoms with Crippen molar-refractivity contribution in [3.05, 3.63) is 48.3 Å². The van der Waals surface area contributed by atoms with Gasteiger partial charge in [0.05, 0.1) is 11.4 Å². The molecule has 11 heteroatoms. The number of halogens is 3. The number of anilines is 2. The predicted octanol–water partition coefficient (Wildman–Crippen LogP) is 2.83. The van der Waals surface area contributed by atoms with Crippen molar-refractivity contribution in [2.45, 2.75) is 25.2 Å². The molecule has 0 bridgehead atoms. The van der Waals surface area contributed by atoms with E-state index in [0.717, 1.165) is 17.0 Å². The molecule has 4 rings (SSSR count). The molecule has 2 fully saturated rings. The van der Waals surface area contributed by atoms with Gasteiger partial charge in [-0.05, 0) is 48.7 Å². The lowest BCUT2D eigenvalue weighted by molar-refractivity contribution is -0.274. The second kappa shape index (κ2) is 6.44. The van der Waals surface area contributed by atoms with Gasteiger partial charge >= 0.3 is 12.4 Å². The first-order valence-electron chi connectivity index (χ1n) is 8.85. The zero-order chi connectivity index (χ0) is 21.8. The third-order valence-electron chi connectivity index (χ3n) is 5.21. The third kappa shape index (κ3) is 3.02. The van der Waals surface area contributed by atoms with E-state index in [9.17, 15) is 27.6 Å². The van der Waals surface area contributed by atoms with E-state index in [1.807, 2.05) is 0 Å². The Morgan fingerprint density at radius 2 is 1.83 bits per heavy atom. The molecule has 30 heavy (non-hydrogen) atoms. The van der Waals surface area contributed by atoms with Gasteiger partial charge in [-0.2, -0.15) is 0 Å². The minimum atomic E-state index is -4.86. The van der Waals surface area contributed by atoms with Crippen LogP contribution in [0.1, 0.15) is 23.8 Å². The summed E-state index contributed by atoms with van der Waals surface area (Å²) in [5.74, 6) is -1.92. The molecule has 1 aromatic carbocycles. The summed E-state index contributed by atoms with van der Waals surface area (Å²) in [6.07, 6.45) is -3.15. The van der Waals surface area contributed by atoms with E-state index >= 15 is 0 Å². The van der Waals surface area contributed by atoms with Gasteiger partial charge in [-0.25, -0.2) is 9.69 Å². The van der Waals surface area contributed by atoms with Crippen LogP contribution in [0.5, 0.6) is 5.75 Å². The number of imide groups is 1. The first-order chi connectivity index (χ1) is 14.0. The van der Waals surface area contributed by atoms with Gasteiger partial charge in [-0.3, -0.25) is 19.5 Å². The standard InChI is InChI=1S/C19H15F3N4O4/c1-10-9-18(10)16(28)25(11-2-4-13(5-3-11)30-19(20,21)22)17(29)26(18)12-6-7-24-14(8-12)15(23)27/h2-8,10H,9H2,1H3,(H2,23,27). The number of primary amides is 1. The Bertz CT molecular complexity index is 1060. The topological polar surface area (TPSA) is 106 Å². The molecule has 2 atom stereocenters. The van der Waals surface area contributed by atoms with Crippen molar-refractivity contribution in [1.29, 1.82) is 0 Å². The number of aromatic nitrogens is 1. The fraction of sp³-hybridized carbons (Fsp3) is 0.263. The van der Waals surface area contributed by atoms with Gasteiger partial charge in [0.25, 0.3) is 11.8 Å². The van der Waals surface area contributed by atoms with Gasteiger partial charge in [0, 0.05) is 6.20 Å². The van der Waals surface area contributed by atoms with E-state index in [0.29, 0.717) is 6.42 Å². The van der Waals surface area contributed by atoms with Gasteiger partial charge < -0.3 is 10.5 Å². The highest BCUT2D eigenvalue weighted by molar-refractivity contribution is 6.32. The minimum Gasteiger partial charge on any atom is -0.406 e. The van der Waals surface area contributed by atoms with Gasteiger partial charge in [0.1, 0.15) is 17.0 Å². The largest absolute Gasteiger partial charge is 0.573 e. The average Bonchev–Trinajstić information content (AvgIpc) is 3.27. The van der Waals surface area contributed by atoms with Crippen molar-refractivity contribution in [1.82, 2.24) is 4.98 Å². The molecule has 2 aliphatic rings. The number of carbonyl (C=O) groups excluding carboxylic acids is 3. The highest BCUT2D eigenvalue weighted by atomic mass is 19.4. The second-order valence-electron chi connectivity index (χ2n) is 7.09. The van der Waals surface area contributed by atoms with Crippen molar-refractivity contribution in [2.24, 2.45) is 11.7 Å². The van der Waals surface area contributed by atoms with Crippen LogP contribution in [0.4, 0.5) is 29.3 Å². The monoisotopic (exact) mass is 420 g/mol. The molecule has 1 aliphatic heterocycles. The van der Waals surface area contributed by atoms with Crippen LogP contribution in [0, 0.1) is 5.92 Å². The van der Waals surface area contributed by atoms with E-state index in [4.69, 9.17) is 5.73 Å². The molecule has 1 saturated heterocycles. The van der Waals surface area contributed by atoms with Gasteiger partial charge in [0.15, 0.2) is 0 Å². The molecule has 2 N–H and O–H groups in total. The lowest BCUT2D eigenvalue weighted by Crippen LogP contribution is -2.39. The number of hydrogen-bond acceptors (Lipinski definition) is 5. The number of benzene rings is 1. The number of rotatable bonds is 4. The summed E-state index contributed by atoms with van der Waals surface area (Å²) in [5.41, 5.74) is 4.44. The number of ether oxygens (including phenoxy) is 1. The van der Waals surface area contributed by atoms with Gasteiger partial charge in [-0.1, -0.05) is 6.92 Å². The van der Waals surface area contributed by atoms with Crippen LogP contribution < -0.4 is 20.3 Å². The molecule has 1 aliphatic carbocycles. The summed E-state index contributed by atoms with van der Waals surface area (Å²) in [7, 11) is 0. The smallest absolute Gasteiger partial charge is 0.406 e. The van der Waals surface area contributed by atoms with Crippen LogP contribution in [0.3, 0.4) is 0 Å². The van der Waals surface area contributed by atoms with Crippen LogP contribution in [0.25, 0.3) is 0 Å². The molecular formula is C19H15F3N4O4. The maximum atomic E-state index is 13.2. The fourth-order valence-corrected chi connectivity index (χ4v) is 3.72. The van der Waals surface area contributed by atoms with Crippen LogP contribution in [-0.2, 0) is 4.79 Å². The summed E-state index contributed by atoms with van der Waals surface area (Å²) in [6, 6.07) is 6.55. The number of pyridine rings is 1. The second-order valence-corrected chi connectivity index (χ2v) is 7.09. The summed E-state index contributed by atoms with van der Waals surface area (Å²) >= 11 is 0. The number of urea groups is 1. The van der Waals surface area contributed by atoms with Crippen molar-refractivity contribution in [3.8, 4) is 5.75 Å². The number of hydrogen-bond donors (Lipinski definition) is 1. The number of amides is 4. The Labute approximate surface area is 168 Å². The Morgan fingerprint density at radius 3 is 2.37 bits per heavy atom. The molecule has 8 nitrogen and oxygen atoms in total. The molecule has 1 aromatic heterocycles. The summed E-state index contributed by atoms with van der Waals surface area (Å²) in [6.45, 7) is 1.80. The number of alkyl halides is 3. The van der Waals surface area contributed by atoms with Crippen LogP contribution in [-0.4, -0.2) is 34.7 Å². The van der Waals surface area contributed by atoms with Crippen molar-refractivity contribution < 1.29 is 32.3 Å². The normalized spacial score (nSPS) is 23.3. The number of carbonyl (C=O) groups is 3. The van der Waals surface area contributed by atoms with Crippen molar-refractivity contribution in [3.63, 3.8) is 0 Å². The molecular weight excluding hydrogens is 405 g/mol. The van der Waals surface area contributed by atoms with Crippen molar-refractivity contribution in [2.75, 3.05) is 9.80 Å². The highest BCUT2D eigenvalue weighted by Crippen LogP contribution is 2.55. The molecule has 0 radical (unpaired) electrons. The number of nitrogens with two attached hydrogens (primary N) is 1. The van der Waals surface area contributed by atoms with Crippen molar-refractivity contribution >= 4 is 29.2 Å². The van der Waals surface area contributed by atoms with Crippen LogP contribution in [0.15, 0.2) is 42.6 Å². The minimum absolute atomic E-state index is 0.0664. The Hall–Kier alpha value is -3.63. The molecule has 2 heterocycles. The lowest BCUT2D eigenvalue weighted by atomic mass is 10.1. The van der Waals surface area contributed by atoms with E-state index in [2.05, 4.69) is 9.72 Å². The molecule has 1 spiro atoms. The lowest BCUT2D eigenvalue weighted by Gasteiger charge is -2.22. The Balaban J connectivity index is 1.70. The van der Waals surface area contributed by atoms with Gasteiger partial charge in [-0.15, -0.1) is 13.2 Å². The van der Waals surface area contributed by atoms with E-state index in [-0.39, 0.29) is 23.0 Å². The first kappa shape index (κ1) is 19.7. The predicted molar refractivity (Wildman–Crippen MR) is 97.8 cm³/mol. The zero-order valence-electron chi connectivity index (χ0n) is 15.5. The quantitative estimate of drug-likeness (QED) is 0.766. The molecule has 156 valence electrons. The number of nitrogens with zero attached hydrogens (tertiary/aromatic N) is 3. The van der Waals surface area contributed by atoms with Crippen LogP contribution >= 0.6 is 0 Å². The van der Waals surface area contributed by atoms with E-state index in [1.54, 1.807) is 6.92 Å². The van der Waals surface area contributed by atoms with E-state index in [1.165, 1.54) is 35.4 Å². The average molecular weight is 420 g/mol. The SMILES string of the molecule is CC1CC12C(=O)N(c1ccc(OC(F)(F)F)cc1)C(=O)N2c1ccnc(C(N)=O)c1. The Morgan fingerprint density at radius 1 is 1.20 bits per heavy atom. The van der Waals surface area contributed by atoms with Crippen LogP contribution in [0.2, 0.25) is 0 Å². The molecule has 2 aromatic rings. The maximum absolute atomic E-state index is 13.2. The third-order valence-corrected chi connectivity index (χ3v) is 5.21. The summed E-state index contributed by atoms with van der Waals surface area (Å²) in [4.78, 5) is 43.9. The highest BCUT2D eigenvalue weighted by Gasteiger charge is 2.70.